The van der Waals surface area contributed by atoms with Crippen molar-refractivity contribution in [1.82, 2.24) is 0 Å². The number of rotatable bonds is 1. The molecule has 4 heteroatoms. The first-order valence-electron chi connectivity index (χ1n) is 9.81. The molecule has 0 heterocycles. The van der Waals surface area contributed by atoms with Crippen LogP contribution in [0.3, 0.4) is 0 Å². The minimum atomic E-state index is -1.50. The summed E-state index contributed by atoms with van der Waals surface area (Å²) >= 11 is 0. The van der Waals surface area contributed by atoms with Crippen LogP contribution in [0.5, 0.6) is 0 Å². The minimum absolute atomic E-state index is 0.0328. The molecule has 150 valence electrons. The highest BCUT2D eigenvalue weighted by Gasteiger charge is 2.21. The van der Waals surface area contributed by atoms with E-state index in [1.807, 2.05) is 6.07 Å². The van der Waals surface area contributed by atoms with Gasteiger partial charge >= 0.3 is 0 Å². The van der Waals surface area contributed by atoms with Crippen molar-refractivity contribution in [2.75, 3.05) is 0 Å². The van der Waals surface area contributed by atoms with E-state index in [1.54, 1.807) is 6.07 Å². The fraction of sp³-hybridized carbons (Fsp3) is 0.231. The van der Waals surface area contributed by atoms with Crippen molar-refractivity contribution in [1.29, 1.82) is 0 Å². The average Bonchev–Trinajstić information content (AvgIpc) is 2.76. The Balaban J connectivity index is 1.57. The van der Waals surface area contributed by atoms with Crippen LogP contribution < -0.4 is 0 Å². The molecule has 0 radical (unpaired) electrons. The first-order chi connectivity index (χ1) is 14.5. The van der Waals surface area contributed by atoms with Crippen LogP contribution >= 0.6 is 0 Å². The number of hydrogen-bond donors (Lipinski definition) is 0. The Morgan fingerprint density at radius 2 is 1.53 bits per heavy atom. The van der Waals surface area contributed by atoms with Gasteiger partial charge in [-0.25, -0.2) is 17.6 Å². The molecule has 3 aromatic rings. The predicted molar refractivity (Wildman–Crippen MR) is 110 cm³/mol. The van der Waals surface area contributed by atoms with Crippen molar-refractivity contribution in [2.45, 2.75) is 31.6 Å². The molecule has 0 aliphatic heterocycles. The van der Waals surface area contributed by atoms with Crippen molar-refractivity contribution >= 4 is 10.8 Å². The number of hydrogen-bond acceptors (Lipinski definition) is 0. The van der Waals surface area contributed by atoms with E-state index in [2.05, 4.69) is 17.8 Å². The molecular weight excluding hydrogens is 388 g/mol. The Bertz CT molecular complexity index is 1220. The summed E-state index contributed by atoms with van der Waals surface area (Å²) in [5.41, 5.74) is 1.64. The molecule has 1 fully saturated rings. The van der Waals surface area contributed by atoms with Crippen molar-refractivity contribution in [3.63, 3.8) is 0 Å². The lowest BCUT2D eigenvalue weighted by atomic mass is 9.79. The van der Waals surface area contributed by atoms with Gasteiger partial charge < -0.3 is 0 Å². The third-order valence-corrected chi connectivity index (χ3v) is 5.74. The zero-order valence-electron chi connectivity index (χ0n) is 16.1. The summed E-state index contributed by atoms with van der Waals surface area (Å²) < 4.78 is 55.2. The van der Waals surface area contributed by atoms with Crippen LogP contribution in [0, 0.1) is 53.4 Å². The van der Waals surface area contributed by atoms with Crippen molar-refractivity contribution in [2.24, 2.45) is 5.92 Å². The second kappa shape index (κ2) is 8.25. The van der Waals surface area contributed by atoms with Gasteiger partial charge in [0, 0.05) is 16.9 Å². The minimum Gasteiger partial charge on any atom is -0.206 e. The molecule has 0 N–H and O–H groups in total. The first-order valence-corrected chi connectivity index (χ1v) is 9.81. The highest BCUT2D eigenvalue weighted by Crippen LogP contribution is 2.36. The number of benzene rings is 3. The van der Waals surface area contributed by atoms with Crippen LogP contribution in [0.2, 0.25) is 0 Å². The van der Waals surface area contributed by atoms with Crippen molar-refractivity contribution in [3.8, 4) is 24.2 Å². The van der Waals surface area contributed by atoms with E-state index in [1.165, 1.54) is 24.3 Å². The molecule has 0 atom stereocenters. The Morgan fingerprint density at radius 1 is 0.767 bits per heavy atom. The molecule has 0 spiro atoms. The molecule has 4 rings (SSSR count). The third kappa shape index (κ3) is 3.91. The lowest BCUT2D eigenvalue weighted by Gasteiger charge is -2.26. The molecule has 3 aromatic carbocycles. The summed E-state index contributed by atoms with van der Waals surface area (Å²) in [7, 11) is 0. The normalized spacial score (nSPS) is 18.5. The fourth-order valence-corrected chi connectivity index (χ4v) is 4.00. The Hall–Kier alpha value is -3.24. The highest BCUT2D eigenvalue weighted by molar-refractivity contribution is 5.84. The van der Waals surface area contributed by atoms with E-state index in [-0.39, 0.29) is 16.3 Å². The van der Waals surface area contributed by atoms with Gasteiger partial charge in [0.1, 0.15) is 5.82 Å². The van der Waals surface area contributed by atoms with Gasteiger partial charge in [-0.3, -0.25) is 0 Å². The smallest absolute Gasteiger partial charge is 0.195 e. The Morgan fingerprint density at radius 3 is 2.23 bits per heavy atom. The summed E-state index contributed by atoms with van der Waals surface area (Å²) in [6, 6.07) is 10.3. The lowest BCUT2D eigenvalue weighted by Crippen LogP contribution is -2.12. The van der Waals surface area contributed by atoms with Gasteiger partial charge in [-0.05, 0) is 72.9 Å². The summed E-state index contributed by atoms with van der Waals surface area (Å²) in [4.78, 5) is 0. The van der Waals surface area contributed by atoms with Gasteiger partial charge in [-0.1, -0.05) is 24.0 Å². The summed E-state index contributed by atoms with van der Waals surface area (Å²) in [5, 5.41) is 0.158. The quantitative estimate of drug-likeness (QED) is 0.240. The molecule has 0 saturated heterocycles. The van der Waals surface area contributed by atoms with Crippen LogP contribution in [-0.2, 0) is 0 Å². The van der Waals surface area contributed by atoms with Crippen LogP contribution in [0.15, 0.2) is 42.5 Å². The van der Waals surface area contributed by atoms with Gasteiger partial charge in [0.15, 0.2) is 17.5 Å². The van der Waals surface area contributed by atoms with E-state index in [0.717, 1.165) is 37.3 Å². The summed E-state index contributed by atoms with van der Waals surface area (Å²) in [6.45, 7) is 0. The van der Waals surface area contributed by atoms with Crippen LogP contribution in [0.25, 0.3) is 10.8 Å². The lowest BCUT2D eigenvalue weighted by molar-refractivity contribution is 0.384. The average molecular weight is 406 g/mol. The first kappa shape index (κ1) is 20.0. The largest absolute Gasteiger partial charge is 0.206 e. The second-order valence-corrected chi connectivity index (χ2v) is 7.63. The number of terminal acetylenes is 1. The van der Waals surface area contributed by atoms with Gasteiger partial charge in [0.05, 0.1) is 5.56 Å². The summed E-state index contributed by atoms with van der Waals surface area (Å²) in [6.07, 6.45) is 9.29. The molecule has 0 aromatic heterocycles. The van der Waals surface area contributed by atoms with Gasteiger partial charge in [0.25, 0.3) is 0 Å². The number of halogens is 4. The van der Waals surface area contributed by atoms with Crippen LogP contribution in [0.1, 0.15) is 48.3 Å². The van der Waals surface area contributed by atoms with E-state index in [9.17, 15) is 17.6 Å². The molecule has 0 amide bonds. The third-order valence-electron chi connectivity index (χ3n) is 5.74. The van der Waals surface area contributed by atoms with Crippen LogP contribution in [-0.4, -0.2) is 0 Å². The van der Waals surface area contributed by atoms with E-state index >= 15 is 0 Å². The zero-order chi connectivity index (χ0) is 21.3. The zero-order valence-corrected chi connectivity index (χ0v) is 16.1. The van der Waals surface area contributed by atoms with Gasteiger partial charge in [-0.2, -0.15) is 0 Å². The molecule has 0 nitrogen and oxygen atoms in total. The molecule has 1 aliphatic carbocycles. The van der Waals surface area contributed by atoms with E-state index in [4.69, 9.17) is 6.42 Å². The highest BCUT2D eigenvalue weighted by atomic mass is 19.2. The van der Waals surface area contributed by atoms with E-state index in [0.29, 0.717) is 17.4 Å². The van der Waals surface area contributed by atoms with E-state index < -0.39 is 23.3 Å². The molecule has 1 saturated carbocycles. The van der Waals surface area contributed by atoms with Crippen molar-refractivity contribution < 1.29 is 17.6 Å². The van der Waals surface area contributed by atoms with Crippen LogP contribution in [0.4, 0.5) is 17.6 Å². The maximum atomic E-state index is 14.6. The fourth-order valence-electron chi connectivity index (χ4n) is 4.00. The molecule has 30 heavy (non-hydrogen) atoms. The standard InChI is InChI=1S/C26H18F4/c1-2-16-3-7-18(8-4-16)20-11-10-19(23(27)14-20)9-5-17-6-12-22-21(13-17)15-24(28)26(30)25(22)29/h1,6,10-16,18H,3-4,7-8H2. The molecule has 1 aliphatic rings. The Labute approximate surface area is 172 Å². The second-order valence-electron chi connectivity index (χ2n) is 7.63. The predicted octanol–water partition coefficient (Wildman–Crippen LogP) is 6.70. The summed E-state index contributed by atoms with van der Waals surface area (Å²) in [5.74, 6) is 4.59. The SMILES string of the molecule is C#CC1CCC(c2ccc(C#Cc3ccc4c(F)c(F)c(F)cc4c3)c(F)c2)CC1. The maximum Gasteiger partial charge on any atom is 0.195 e. The topological polar surface area (TPSA) is 0 Å². The van der Waals surface area contributed by atoms with Gasteiger partial charge in [-0.15, -0.1) is 12.3 Å². The van der Waals surface area contributed by atoms with Gasteiger partial charge in [0.2, 0.25) is 0 Å². The molecule has 0 unspecified atom stereocenters. The molecular formula is C26H18F4. The monoisotopic (exact) mass is 406 g/mol. The maximum absolute atomic E-state index is 14.6. The number of fused-ring (bicyclic) bond motifs is 1. The Kier molecular flexibility index (Phi) is 5.51. The molecule has 0 bridgehead atoms. The van der Waals surface area contributed by atoms with Crippen molar-refractivity contribution in [3.05, 3.63) is 82.4 Å².